The summed E-state index contributed by atoms with van der Waals surface area (Å²) in [6.45, 7) is 4.39. The first kappa shape index (κ1) is 12.0. The summed E-state index contributed by atoms with van der Waals surface area (Å²) in [5, 5.41) is 4.26. The summed E-state index contributed by atoms with van der Waals surface area (Å²) in [5.41, 5.74) is 3.07. The Morgan fingerprint density at radius 3 is 2.81 bits per heavy atom. The van der Waals surface area contributed by atoms with Crippen molar-refractivity contribution >= 4 is 11.8 Å². The van der Waals surface area contributed by atoms with Crippen LogP contribution in [0.5, 0.6) is 0 Å². The zero-order valence-electron chi connectivity index (χ0n) is 10.2. The fourth-order valence-corrected chi connectivity index (χ4v) is 2.27. The molecule has 16 heavy (non-hydrogen) atoms. The lowest BCUT2D eigenvalue weighted by molar-refractivity contribution is 0.680. The van der Waals surface area contributed by atoms with E-state index in [9.17, 15) is 0 Å². The van der Waals surface area contributed by atoms with Gasteiger partial charge < -0.3 is 5.32 Å². The highest BCUT2D eigenvalue weighted by molar-refractivity contribution is 7.99. The summed E-state index contributed by atoms with van der Waals surface area (Å²) in [6, 6.07) is 8.89. The number of thioether (sulfide) groups is 1. The van der Waals surface area contributed by atoms with E-state index < -0.39 is 0 Å². The molecule has 1 saturated carbocycles. The maximum atomic E-state index is 3.55. The zero-order valence-corrected chi connectivity index (χ0v) is 11.0. The minimum absolute atomic E-state index is 0.702. The lowest BCUT2D eigenvalue weighted by Crippen LogP contribution is -2.22. The Balaban J connectivity index is 1.88. The predicted molar refractivity (Wildman–Crippen MR) is 73.1 cm³/mol. The van der Waals surface area contributed by atoms with Crippen molar-refractivity contribution in [3.8, 4) is 0 Å². The second kappa shape index (κ2) is 5.74. The van der Waals surface area contributed by atoms with Crippen molar-refractivity contribution in [2.75, 3.05) is 12.8 Å². The van der Waals surface area contributed by atoms with Gasteiger partial charge in [0, 0.05) is 18.3 Å². The fraction of sp³-hybridized carbons (Fsp3) is 0.571. The Labute approximate surface area is 103 Å². The van der Waals surface area contributed by atoms with Crippen molar-refractivity contribution in [1.82, 2.24) is 5.32 Å². The number of hydrogen-bond donors (Lipinski definition) is 1. The van der Waals surface area contributed by atoms with Gasteiger partial charge in [-0.15, -0.1) is 0 Å². The van der Waals surface area contributed by atoms with Gasteiger partial charge in [-0.25, -0.2) is 0 Å². The number of rotatable bonds is 6. The highest BCUT2D eigenvalue weighted by atomic mass is 32.2. The van der Waals surface area contributed by atoms with Crippen molar-refractivity contribution in [2.45, 2.75) is 37.5 Å². The Kier molecular flexibility index (Phi) is 4.30. The molecule has 2 rings (SSSR count). The summed E-state index contributed by atoms with van der Waals surface area (Å²) in [7, 11) is 0. The van der Waals surface area contributed by atoms with Crippen molar-refractivity contribution in [3.05, 3.63) is 35.4 Å². The molecule has 1 aliphatic carbocycles. The van der Waals surface area contributed by atoms with Crippen LogP contribution in [0.3, 0.4) is 0 Å². The standard InChI is InChI=1S/C14H21NS/c1-11(16-2)9-15-10-13-5-3-4-6-14(13)12-7-8-12/h3-6,11-12,15H,7-10H2,1-2H3. The average molecular weight is 235 g/mol. The van der Waals surface area contributed by atoms with E-state index in [-0.39, 0.29) is 0 Å². The van der Waals surface area contributed by atoms with Crippen LogP contribution in [0.25, 0.3) is 0 Å². The van der Waals surface area contributed by atoms with Crippen LogP contribution >= 0.6 is 11.8 Å². The van der Waals surface area contributed by atoms with Gasteiger partial charge in [-0.3, -0.25) is 0 Å². The zero-order chi connectivity index (χ0) is 11.4. The molecule has 0 radical (unpaired) electrons. The Morgan fingerprint density at radius 2 is 2.12 bits per heavy atom. The second-order valence-corrected chi connectivity index (χ2v) is 5.93. The highest BCUT2D eigenvalue weighted by Gasteiger charge is 2.25. The van der Waals surface area contributed by atoms with E-state index in [1.165, 1.54) is 18.4 Å². The maximum Gasteiger partial charge on any atom is 0.0208 e. The van der Waals surface area contributed by atoms with E-state index in [1.54, 1.807) is 5.56 Å². The largest absolute Gasteiger partial charge is 0.312 e. The summed E-state index contributed by atoms with van der Waals surface area (Å²) >= 11 is 1.92. The minimum atomic E-state index is 0.702. The molecular weight excluding hydrogens is 214 g/mol. The molecule has 1 aromatic rings. The first-order chi connectivity index (χ1) is 7.81. The van der Waals surface area contributed by atoms with Crippen LogP contribution in [0.1, 0.15) is 36.8 Å². The van der Waals surface area contributed by atoms with Crippen LogP contribution in [0.4, 0.5) is 0 Å². The number of benzene rings is 1. The van der Waals surface area contributed by atoms with Crippen molar-refractivity contribution in [3.63, 3.8) is 0 Å². The molecule has 0 bridgehead atoms. The van der Waals surface area contributed by atoms with Crippen LogP contribution in [-0.2, 0) is 6.54 Å². The van der Waals surface area contributed by atoms with E-state index in [2.05, 4.69) is 42.8 Å². The Morgan fingerprint density at radius 1 is 1.38 bits per heavy atom. The molecule has 1 aromatic carbocycles. The fourth-order valence-electron chi connectivity index (χ4n) is 1.98. The summed E-state index contributed by atoms with van der Waals surface area (Å²) in [5.74, 6) is 0.857. The third-order valence-electron chi connectivity index (χ3n) is 3.22. The highest BCUT2D eigenvalue weighted by Crippen LogP contribution is 2.41. The van der Waals surface area contributed by atoms with E-state index in [0.717, 1.165) is 19.0 Å². The first-order valence-corrected chi connectivity index (χ1v) is 7.41. The molecule has 1 N–H and O–H groups in total. The van der Waals surface area contributed by atoms with Gasteiger partial charge in [-0.1, -0.05) is 31.2 Å². The van der Waals surface area contributed by atoms with Crippen molar-refractivity contribution in [2.24, 2.45) is 0 Å². The minimum Gasteiger partial charge on any atom is -0.312 e. The summed E-state index contributed by atoms with van der Waals surface area (Å²) < 4.78 is 0. The van der Waals surface area contributed by atoms with E-state index in [4.69, 9.17) is 0 Å². The van der Waals surface area contributed by atoms with Crippen molar-refractivity contribution < 1.29 is 0 Å². The van der Waals surface area contributed by atoms with Gasteiger partial charge in [-0.2, -0.15) is 11.8 Å². The maximum absolute atomic E-state index is 3.55. The molecule has 0 saturated heterocycles. The van der Waals surface area contributed by atoms with Gasteiger partial charge in [0.15, 0.2) is 0 Å². The number of nitrogens with one attached hydrogen (secondary N) is 1. The lowest BCUT2D eigenvalue weighted by atomic mass is 10.0. The molecule has 1 aliphatic rings. The molecule has 0 aliphatic heterocycles. The Hall–Kier alpha value is -0.470. The SMILES string of the molecule is CSC(C)CNCc1ccccc1C1CC1. The summed E-state index contributed by atoms with van der Waals surface area (Å²) in [6.07, 6.45) is 4.95. The van der Waals surface area contributed by atoms with Crippen LogP contribution in [-0.4, -0.2) is 18.1 Å². The van der Waals surface area contributed by atoms with Gasteiger partial charge in [0.1, 0.15) is 0 Å². The molecule has 1 unspecified atom stereocenters. The molecule has 0 spiro atoms. The van der Waals surface area contributed by atoms with E-state index in [1.807, 2.05) is 11.8 Å². The first-order valence-electron chi connectivity index (χ1n) is 6.12. The third-order valence-corrected chi connectivity index (χ3v) is 4.19. The Bertz CT molecular complexity index is 333. The van der Waals surface area contributed by atoms with Gasteiger partial charge in [0.05, 0.1) is 0 Å². The van der Waals surface area contributed by atoms with Gasteiger partial charge in [0.2, 0.25) is 0 Å². The van der Waals surface area contributed by atoms with E-state index >= 15 is 0 Å². The predicted octanol–water partition coefficient (Wildman–Crippen LogP) is 3.41. The molecule has 1 nitrogen and oxygen atoms in total. The normalized spacial score (nSPS) is 17.4. The monoisotopic (exact) mass is 235 g/mol. The molecule has 1 atom stereocenters. The van der Waals surface area contributed by atoms with Gasteiger partial charge in [-0.05, 0) is 36.1 Å². The lowest BCUT2D eigenvalue weighted by Gasteiger charge is -2.12. The third kappa shape index (κ3) is 3.26. The van der Waals surface area contributed by atoms with Crippen LogP contribution in [0, 0.1) is 0 Å². The smallest absolute Gasteiger partial charge is 0.0208 e. The molecule has 0 heterocycles. The van der Waals surface area contributed by atoms with E-state index in [0.29, 0.717) is 5.25 Å². The van der Waals surface area contributed by atoms with Gasteiger partial charge >= 0.3 is 0 Å². The molecular formula is C14H21NS. The molecule has 88 valence electrons. The quantitative estimate of drug-likeness (QED) is 0.811. The number of hydrogen-bond acceptors (Lipinski definition) is 2. The molecule has 2 heteroatoms. The van der Waals surface area contributed by atoms with Crippen LogP contribution in [0.2, 0.25) is 0 Å². The molecule has 0 amide bonds. The molecule has 0 aromatic heterocycles. The van der Waals surface area contributed by atoms with Crippen LogP contribution in [0.15, 0.2) is 24.3 Å². The second-order valence-electron chi connectivity index (χ2n) is 4.65. The van der Waals surface area contributed by atoms with Crippen LogP contribution < -0.4 is 5.32 Å². The van der Waals surface area contributed by atoms with Crippen molar-refractivity contribution in [1.29, 1.82) is 0 Å². The topological polar surface area (TPSA) is 12.0 Å². The average Bonchev–Trinajstić information content (AvgIpc) is 3.13. The summed E-state index contributed by atoms with van der Waals surface area (Å²) in [4.78, 5) is 0. The molecule has 1 fully saturated rings. The van der Waals surface area contributed by atoms with Gasteiger partial charge in [0.25, 0.3) is 0 Å².